The Kier molecular flexibility index (Phi) is 5.13. The maximum atomic E-state index is 12.3. The van der Waals surface area contributed by atoms with E-state index in [-0.39, 0.29) is 16.3 Å². The number of nitrogens with zero attached hydrogens (tertiary/aromatic N) is 2. The third-order valence-corrected chi connectivity index (χ3v) is 4.37. The molecule has 0 aliphatic rings. The van der Waals surface area contributed by atoms with Crippen molar-refractivity contribution in [3.05, 3.63) is 65.7 Å². The minimum absolute atomic E-state index is 0.109. The van der Waals surface area contributed by atoms with Crippen LogP contribution in [0.3, 0.4) is 0 Å². The number of hydrazone groups is 1. The second-order valence-electron chi connectivity index (χ2n) is 4.92. The van der Waals surface area contributed by atoms with Crippen LogP contribution in [0.4, 0.5) is 0 Å². The molecule has 0 heterocycles. The molecule has 0 saturated carbocycles. The molecule has 0 saturated heterocycles. The molecule has 0 atom stereocenters. The molecule has 0 aromatic heterocycles. The van der Waals surface area contributed by atoms with Gasteiger partial charge in [-0.2, -0.15) is 18.4 Å². The fourth-order valence-electron chi connectivity index (χ4n) is 1.87. The van der Waals surface area contributed by atoms with Crippen LogP contribution in [0.2, 0.25) is 0 Å². The second kappa shape index (κ2) is 7.06. The van der Waals surface area contributed by atoms with Crippen LogP contribution in [0, 0.1) is 6.92 Å². The van der Waals surface area contributed by atoms with Gasteiger partial charge < -0.3 is 5.21 Å². The maximum absolute atomic E-state index is 12.3. The SMILES string of the molecule is CC(=N\O)/C(=N\NS(=O)(=O)c1ccc(C)cc1)c1ccccc1. The summed E-state index contributed by atoms with van der Waals surface area (Å²) in [6, 6.07) is 15.3. The van der Waals surface area contributed by atoms with Gasteiger partial charge in [0.15, 0.2) is 0 Å². The molecule has 0 aliphatic heterocycles. The number of aryl methyl sites for hydroxylation is 1. The van der Waals surface area contributed by atoms with Crippen molar-refractivity contribution in [1.29, 1.82) is 0 Å². The lowest BCUT2D eigenvalue weighted by atomic mass is 10.1. The van der Waals surface area contributed by atoms with E-state index in [4.69, 9.17) is 5.21 Å². The van der Waals surface area contributed by atoms with E-state index in [9.17, 15) is 8.42 Å². The summed E-state index contributed by atoms with van der Waals surface area (Å²) in [6.45, 7) is 3.41. The van der Waals surface area contributed by atoms with Gasteiger partial charge in [-0.3, -0.25) is 0 Å². The lowest BCUT2D eigenvalue weighted by Crippen LogP contribution is -2.23. The Hall–Kier alpha value is -2.67. The van der Waals surface area contributed by atoms with Crippen molar-refractivity contribution < 1.29 is 13.6 Å². The molecule has 2 aromatic rings. The number of hydrogen-bond acceptors (Lipinski definition) is 5. The quantitative estimate of drug-likeness (QED) is 0.501. The van der Waals surface area contributed by atoms with Crippen LogP contribution < -0.4 is 4.83 Å². The van der Waals surface area contributed by atoms with Gasteiger partial charge in [0.05, 0.1) is 4.90 Å². The molecular formula is C16H17N3O3S. The smallest absolute Gasteiger partial charge is 0.276 e. The van der Waals surface area contributed by atoms with Gasteiger partial charge in [0.25, 0.3) is 10.0 Å². The second-order valence-corrected chi connectivity index (χ2v) is 6.58. The van der Waals surface area contributed by atoms with E-state index in [0.717, 1.165) is 5.56 Å². The van der Waals surface area contributed by atoms with Gasteiger partial charge in [0.2, 0.25) is 0 Å². The Labute approximate surface area is 135 Å². The van der Waals surface area contributed by atoms with Crippen LogP contribution in [0.1, 0.15) is 18.1 Å². The van der Waals surface area contributed by atoms with E-state index in [2.05, 4.69) is 15.1 Å². The Morgan fingerprint density at radius 1 is 1.04 bits per heavy atom. The third kappa shape index (κ3) is 4.17. The average molecular weight is 331 g/mol. The highest BCUT2D eigenvalue weighted by atomic mass is 32.2. The van der Waals surface area contributed by atoms with Crippen LogP contribution in [-0.4, -0.2) is 25.0 Å². The summed E-state index contributed by atoms with van der Waals surface area (Å²) in [4.78, 5) is 2.29. The van der Waals surface area contributed by atoms with Gasteiger partial charge in [-0.1, -0.05) is 53.2 Å². The fourth-order valence-corrected chi connectivity index (χ4v) is 2.68. The molecule has 2 rings (SSSR count). The summed E-state index contributed by atoms with van der Waals surface area (Å²) >= 11 is 0. The molecule has 2 N–H and O–H groups in total. The third-order valence-electron chi connectivity index (χ3n) is 3.15. The normalized spacial score (nSPS) is 13.0. The topological polar surface area (TPSA) is 91.1 Å². The van der Waals surface area contributed by atoms with Crippen molar-refractivity contribution in [3.8, 4) is 0 Å². The average Bonchev–Trinajstić information content (AvgIpc) is 2.56. The molecule has 0 bridgehead atoms. The van der Waals surface area contributed by atoms with Crippen molar-refractivity contribution in [3.63, 3.8) is 0 Å². The van der Waals surface area contributed by atoms with Crippen molar-refractivity contribution >= 4 is 21.4 Å². The Morgan fingerprint density at radius 3 is 2.22 bits per heavy atom. The minimum Gasteiger partial charge on any atom is -0.411 e. The van der Waals surface area contributed by atoms with Crippen LogP contribution in [0.5, 0.6) is 0 Å². The van der Waals surface area contributed by atoms with Gasteiger partial charge in [0.1, 0.15) is 11.4 Å². The van der Waals surface area contributed by atoms with Gasteiger partial charge in [-0.25, -0.2) is 0 Å². The van der Waals surface area contributed by atoms with E-state index < -0.39 is 10.0 Å². The van der Waals surface area contributed by atoms with Crippen molar-refractivity contribution in [1.82, 2.24) is 4.83 Å². The molecule has 0 spiro atoms. The van der Waals surface area contributed by atoms with Crippen LogP contribution in [-0.2, 0) is 10.0 Å². The monoisotopic (exact) mass is 331 g/mol. The highest BCUT2D eigenvalue weighted by molar-refractivity contribution is 7.89. The molecule has 2 aromatic carbocycles. The molecule has 0 unspecified atom stereocenters. The fraction of sp³-hybridized carbons (Fsp3) is 0.125. The predicted molar refractivity (Wildman–Crippen MR) is 89.4 cm³/mol. The van der Waals surface area contributed by atoms with E-state index in [1.807, 2.05) is 13.0 Å². The van der Waals surface area contributed by atoms with Gasteiger partial charge in [-0.15, -0.1) is 0 Å². The first kappa shape index (κ1) is 16.7. The Morgan fingerprint density at radius 2 is 1.65 bits per heavy atom. The highest BCUT2D eigenvalue weighted by Gasteiger charge is 2.15. The summed E-state index contributed by atoms with van der Waals surface area (Å²) in [5, 5.41) is 16.0. The van der Waals surface area contributed by atoms with E-state index in [1.54, 1.807) is 36.4 Å². The van der Waals surface area contributed by atoms with Gasteiger partial charge in [0, 0.05) is 5.56 Å². The number of hydrogen-bond donors (Lipinski definition) is 2. The first-order chi connectivity index (χ1) is 10.9. The van der Waals surface area contributed by atoms with Gasteiger partial charge in [-0.05, 0) is 26.0 Å². The van der Waals surface area contributed by atoms with Crippen LogP contribution in [0.15, 0.2) is 69.7 Å². The molecule has 23 heavy (non-hydrogen) atoms. The largest absolute Gasteiger partial charge is 0.411 e. The van der Waals surface area contributed by atoms with E-state index in [0.29, 0.717) is 5.56 Å². The summed E-state index contributed by atoms with van der Waals surface area (Å²) in [5.41, 5.74) is 2.03. The lowest BCUT2D eigenvalue weighted by Gasteiger charge is -2.08. The van der Waals surface area contributed by atoms with E-state index in [1.165, 1.54) is 19.1 Å². The summed E-state index contributed by atoms with van der Waals surface area (Å²) in [6.07, 6.45) is 0. The number of sulfonamides is 1. The Bertz CT molecular complexity index is 827. The first-order valence-electron chi connectivity index (χ1n) is 6.84. The number of benzene rings is 2. The lowest BCUT2D eigenvalue weighted by molar-refractivity contribution is 0.320. The molecule has 7 heteroatoms. The molecule has 6 nitrogen and oxygen atoms in total. The number of oxime groups is 1. The van der Waals surface area contributed by atoms with Crippen LogP contribution >= 0.6 is 0 Å². The molecule has 120 valence electrons. The molecule has 0 fully saturated rings. The molecule has 0 radical (unpaired) electrons. The zero-order valence-corrected chi connectivity index (χ0v) is 13.6. The van der Waals surface area contributed by atoms with Crippen LogP contribution in [0.25, 0.3) is 0 Å². The molecule has 0 aliphatic carbocycles. The number of nitrogens with one attached hydrogen (secondary N) is 1. The van der Waals surface area contributed by atoms with Crippen molar-refractivity contribution in [2.45, 2.75) is 18.7 Å². The standard InChI is InChI=1S/C16H17N3O3S/c1-12-8-10-15(11-9-12)23(21,22)19-17-16(13(2)18-20)14-6-4-3-5-7-14/h3-11,19-20H,1-2H3/b17-16+,18-13+. The summed E-state index contributed by atoms with van der Waals surface area (Å²) < 4.78 is 24.5. The highest BCUT2D eigenvalue weighted by Crippen LogP contribution is 2.10. The zero-order valence-electron chi connectivity index (χ0n) is 12.8. The molecular weight excluding hydrogens is 314 g/mol. The molecule has 0 amide bonds. The summed E-state index contributed by atoms with van der Waals surface area (Å²) in [7, 11) is -3.80. The summed E-state index contributed by atoms with van der Waals surface area (Å²) in [5.74, 6) is 0. The zero-order chi connectivity index (χ0) is 16.9. The first-order valence-corrected chi connectivity index (χ1v) is 8.33. The maximum Gasteiger partial charge on any atom is 0.276 e. The predicted octanol–water partition coefficient (Wildman–Crippen LogP) is 2.53. The van der Waals surface area contributed by atoms with Crippen molar-refractivity contribution in [2.24, 2.45) is 10.3 Å². The van der Waals surface area contributed by atoms with Crippen molar-refractivity contribution in [2.75, 3.05) is 0 Å². The van der Waals surface area contributed by atoms with E-state index >= 15 is 0 Å². The van der Waals surface area contributed by atoms with Gasteiger partial charge >= 0.3 is 0 Å². The Balaban J connectivity index is 2.35. The minimum atomic E-state index is -3.80. The number of rotatable bonds is 5.